The summed E-state index contributed by atoms with van der Waals surface area (Å²) in [5.74, 6) is -2.60. The van der Waals surface area contributed by atoms with Gasteiger partial charge in [0.1, 0.15) is 17.0 Å². The van der Waals surface area contributed by atoms with Gasteiger partial charge in [-0.25, -0.2) is 4.90 Å². The van der Waals surface area contributed by atoms with Crippen molar-refractivity contribution in [3.05, 3.63) is 40.5 Å². The average Bonchev–Trinajstić information content (AvgIpc) is 3.25. The van der Waals surface area contributed by atoms with Crippen LogP contribution in [0.1, 0.15) is 0 Å². The van der Waals surface area contributed by atoms with Crippen molar-refractivity contribution in [3.63, 3.8) is 0 Å². The Morgan fingerprint density at radius 1 is 1.40 bits per heavy atom. The first-order chi connectivity index (χ1) is 11.9. The Kier molecular flexibility index (Phi) is 3.21. The Morgan fingerprint density at radius 2 is 2.16 bits per heavy atom. The van der Waals surface area contributed by atoms with Crippen LogP contribution in [0.25, 0.3) is 0 Å². The van der Waals surface area contributed by atoms with Crippen LogP contribution in [-0.4, -0.2) is 47.3 Å². The highest BCUT2D eigenvalue weighted by atomic mass is 16.6. The molecule has 0 saturated carbocycles. The number of ether oxygens (including phenoxy) is 2. The highest BCUT2D eigenvalue weighted by Gasteiger charge is 2.68. The van der Waals surface area contributed by atoms with Gasteiger partial charge >= 0.3 is 0 Å². The van der Waals surface area contributed by atoms with E-state index in [0.717, 1.165) is 11.0 Å². The molecule has 2 bridgehead atoms. The molecule has 0 radical (unpaired) electrons. The number of nitro benzene ring substituents is 1. The third kappa shape index (κ3) is 1.90. The molecule has 0 aliphatic carbocycles. The van der Waals surface area contributed by atoms with Crippen LogP contribution in [0.2, 0.25) is 0 Å². The normalized spacial score (nSPS) is 32.4. The van der Waals surface area contributed by atoms with Gasteiger partial charge in [0.05, 0.1) is 42.6 Å². The molecule has 2 fully saturated rings. The molecular weight excluding hydrogens is 332 g/mol. The van der Waals surface area contributed by atoms with E-state index in [1.807, 2.05) is 0 Å². The minimum absolute atomic E-state index is 0.109. The molecule has 9 heteroatoms. The zero-order chi connectivity index (χ0) is 17.9. The number of carbonyl (C=O) groups is 2. The second kappa shape index (κ2) is 5.11. The summed E-state index contributed by atoms with van der Waals surface area (Å²) in [7, 11) is 1.36. The second-order valence-corrected chi connectivity index (χ2v) is 6.18. The lowest BCUT2D eigenvalue weighted by atomic mass is 9.77. The van der Waals surface area contributed by atoms with Crippen molar-refractivity contribution in [3.8, 4) is 5.75 Å². The molecule has 2 amide bonds. The molecule has 0 unspecified atom stereocenters. The molecule has 0 aromatic heterocycles. The highest BCUT2D eigenvalue weighted by molar-refractivity contribution is 6.24. The fraction of sp³-hybridized carbons (Fsp3) is 0.375. The molecule has 25 heavy (non-hydrogen) atoms. The topological polar surface area (TPSA) is 119 Å². The molecule has 130 valence electrons. The summed E-state index contributed by atoms with van der Waals surface area (Å²) < 4.78 is 10.6. The summed E-state index contributed by atoms with van der Waals surface area (Å²) in [4.78, 5) is 37.3. The van der Waals surface area contributed by atoms with Crippen molar-refractivity contribution in [1.82, 2.24) is 0 Å². The Morgan fingerprint density at radius 3 is 2.80 bits per heavy atom. The average molecular weight is 346 g/mol. The minimum atomic E-state index is -1.24. The van der Waals surface area contributed by atoms with Crippen molar-refractivity contribution < 1.29 is 29.1 Å². The number of benzene rings is 1. The third-order valence-electron chi connectivity index (χ3n) is 5.02. The number of hydrogen-bond acceptors (Lipinski definition) is 7. The van der Waals surface area contributed by atoms with Crippen molar-refractivity contribution in [1.29, 1.82) is 0 Å². The predicted molar refractivity (Wildman–Crippen MR) is 83.0 cm³/mol. The number of nitro groups is 1. The Labute approximate surface area is 141 Å². The van der Waals surface area contributed by atoms with Crippen molar-refractivity contribution >= 4 is 23.2 Å². The summed E-state index contributed by atoms with van der Waals surface area (Å²) in [5, 5.41) is 21.1. The number of rotatable bonds is 4. The van der Waals surface area contributed by atoms with E-state index in [9.17, 15) is 24.8 Å². The van der Waals surface area contributed by atoms with E-state index in [1.54, 1.807) is 12.2 Å². The molecule has 0 spiro atoms. The fourth-order valence-electron chi connectivity index (χ4n) is 3.89. The van der Waals surface area contributed by atoms with Crippen LogP contribution in [0.3, 0.4) is 0 Å². The van der Waals surface area contributed by atoms with Gasteiger partial charge in [-0.05, 0) is 12.1 Å². The summed E-state index contributed by atoms with van der Waals surface area (Å²) in [6.45, 7) is -0.446. The predicted octanol–water partition coefficient (Wildman–Crippen LogP) is 0.409. The van der Waals surface area contributed by atoms with Crippen molar-refractivity contribution in [2.24, 2.45) is 11.8 Å². The molecule has 3 aliphatic heterocycles. The molecule has 4 rings (SSSR count). The maximum absolute atomic E-state index is 12.9. The number of aliphatic hydroxyl groups excluding tert-OH is 1. The van der Waals surface area contributed by atoms with Gasteiger partial charge < -0.3 is 14.6 Å². The smallest absolute Gasteiger partial charge is 0.297 e. The number of aliphatic hydroxyl groups is 1. The van der Waals surface area contributed by atoms with Gasteiger partial charge in [-0.1, -0.05) is 12.2 Å². The second-order valence-electron chi connectivity index (χ2n) is 6.18. The quantitative estimate of drug-likeness (QED) is 0.363. The lowest BCUT2D eigenvalue weighted by molar-refractivity contribution is -0.384. The molecule has 1 aromatic carbocycles. The standard InChI is InChI=1S/C16H14N2O7/c1-24-8-2-3-9(10(6-8)18(22)23)17-14(20)12-11-4-5-16(7-19,25-11)13(12)15(17)21/h2-6,11-13,19H,7H2,1H3/t11-,12+,13-,16-/m0/s1. The van der Waals surface area contributed by atoms with E-state index in [1.165, 1.54) is 19.2 Å². The van der Waals surface area contributed by atoms with Gasteiger partial charge in [-0.3, -0.25) is 19.7 Å². The Bertz CT molecular complexity index is 836. The van der Waals surface area contributed by atoms with Crippen LogP contribution in [0.5, 0.6) is 5.75 Å². The zero-order valence-corrected chi connectivity index (χ0v) is 13.1. The maximum atomic E-state index is 12.9. The summed E-state index contributed by atoms with van der Waals surface area (Å²) >= 11 is 0. The van der Waals surface area contributed by atoms with Crippen LogP contribution >= 0.6 is 0 Å². The number of carbonyl (C=O) groups excluding carboxylic acids is 2. The summed E-state index contributed by atoms with van der Waals surface area (Å²) in [6.07, 6.45) is 2.63. The molecule has 1 N–H and O–H groups in total. The van der Waals surface area contributed by atoms with E-state index in [-0.39, 0.29) is 11.4 Å². The van der Waals surface area contributed by atoms with Gasteiger partial charge in [-0.2, -0.15) is 0 Å². The molecule has 9 nitrogen and oxygen atoms in total. The van der Waals surface area contributed by atoms with Gasteiger partial charge in [-0.15, -0.1) is 0 Å². The Hall–Kier alpha value is -2.78. The summed E-state index contributed by atoms with van der Waals surface area (Å²) in [5.41, 5.74) is -1.75. The first-order valence-electron chi connectivity index (χ1n) is 7.62. The number of methoxy groups -OCH3 is 1. The van der Waals surface area contributed by atoms with E-state index in [2.05, 4.69) is 0 Å². The molecule has 1 aromatic rings. The number of imide groups is 1. The van der Waals surface area contributed by atoms with Gasteiger partial charge in [0.25, 0.3) is 5.69 Å². The largest absolute Gasteiger partial charge is 0.496 e. The number of anilines is 1. The van der Waals surface area contributed by atoms with E-state index >= 15 is 0 Å². The van der Waals surface area contributed by atoms with Crippen molar-refractivity contribution in [2.75, 3.05) is 18.6 Å². The van der Waals surface area contributed by atoms with Crippen LogP contribution in [0.15, 0.2) is 30.4 Å². The minimum Gasteiger partial charge on any atom is -0.496 e. The maximum Gasteiger partial charge on any atom is 0.297 e. The van der Waals surface area contributed by atoms with Crippen molar-refractivity contribution in [2.45, 2.75) is 11.7 Å². The first-order valence-corrected chi connectivity index (χ1v) is 7.62. The van der Waals surface area contributed by atoms with E-state index in [0.29, 0.717) is 0 Å². The molecule has 2 saturated heterocycles. The number of fused-ring (bicyclic) bond motifs is 5. The van der Waals surface area contributed by atoms with Gasteiger partial charge in [0, 0.05) is 0 Å². The molecule has 3 aliphatic rings. The van der Waals surface area contributed by atoms with Gasteiger partial charge in [0.15, 0.2) is 0 Å². The van der Waals surface area contributed by atoms with Crippen LogP contribution in [0, 0.1) is 22.0 Å². The Balaban J connectivity index is 1.80. The SMILES string of the molecule is COc1ccc(N2C(=O)[C@@H]3[C@@H]4C=C[C@@](CO)(O4)[C@@H]3C2=O)c([N+](=O)[O-])c1. The summed E-state index contributed by atoms with van der Waals surface area (Å²) in [6, 6.07) is 3.92. The zero-order valence-electron chi connectivity index (χ0n) is 13.1. The van der Waals surface area contributed by atoms with Gasteiger partial charge in [0.2, 0.25) is 11.8 Å². The number of amides is 2. The number of nitrogens with zero attached hydrogens (tertiary/aromatic N) is 2. The molecule has 3 heterocycles. The first kappa shape index (κ1) is 15.7. The van der Waals surface area contributed by atoms with E-state index in [4.69, 9.17) is 9.47 Å². The molecular formula is C16H14N2O7. The fourth-order valence-corrected chi connectivity index (χ4v) is 3.89. The van der Waals surface area contributed by atoms with Crippen LogP contribution < -0.4 is 9.64 Å². The monoisotopic (exact) mass is 346 g/mol. The highest BCUT2D eigenvalue weighted by Crippen LogP contribution is 2.53. The third-order valence-corrected chi connectivity index (χ3v) is 5.02. The van der Waals surface area contributed by atoms with E-state index < -0.39 is 52.6 Å². The number of hydrogen-bond donors (Lipinski definition) is 1. The molecule has 4 atom stereocenters. The lowest BCUT2D eigenvalue weighted by Crippen LogP contribution is -2.43. The van der Waals surface area contributed by atoms with Crippen LogP contribution in [0.4, 0.5) is 11.4 Å². The van der Waals surface area contributed by atoms with Crippen LogP contribution in [-0.2, 0) is 14.3 Å². The lowest BCUT2D eigenvalue weighted by Gasteiger charge is -2.26.